The Hall–Kier alpha value is -3.25. The van der Waals surface area contributed by atoms with Crippen molar-refractivity contribution in [1.82, 2.24) is 4.98 Å². The van der Waals surface area contributed by atoms with Gasteiger partial charge in [-0.15, -0.1) is 0 Å². The Morgan fingerprint density at radius 2 is 1.69 bits per heavy atom. The maximum absolute atomic E-state index is 13.5. The lowest BCUT2D eigenvalue weighted by molar-refractivity contribution is 0.0947. The zero-order valence-corrected chi connectivity index (χ0v) is 16.6. The minimum atomic E-state index is -0.607. The van der Waals surface area contributed by atoms with Crippen LogP contribution in [0.25, 0.3) is 0 Å². The number of carbonyl (C=O) groups is 1. The third kappa shape index (κ3) is 3.98. The molecule has 1 N–H and O–H groups in total. The van der Waals surface area contributed by atoms with Crippen molar-refractivity contribution >= 4 is 33.3 Å². The van der Waals surface area contributed by atoms with Gasteiger partial charge in [0, 0.05) is 6.20 Å². The molecule has 2 unspecified atom stereocenters. The van der Waals surface area contributed by atoms with Crippen LogP contribution in [0.1, 0.15) is 27.5 Å². The zero-order valence-electron chi connectivity index (χ0n) is 15.8. The normalized spacial score (nSPS) is 21.6. The number of aryl methyl sites for hydroxylation is 1. The summed E-state index contributed by atoms with van der Waals surface area (Å²) in [6.07, 6.45) is 1.60. The number of hydrogen-bond acceptors (Lipinski definition) is 6. The van der Waals surface area contributed by atoms with Gasteiger partial charge in [-0.05, 0) is 36.8 Å². The molecule has 144 valence electrons. The van der Waals surface area contributed by atoms with Gasteiger partial charge in [0.15, 0.2) is 5.78 Å². The highest BCUT2D eigenvalue weighted by Crippen LogP contribution is 2.44. The second-order valence-corrected chi connectivity index (χ2v) is 7.81. The summed E-state index contributed by atoms with van der Waals surface area (Å²) in [5.41, 5.74) is 3.16. The maximum atomic E-state index is 13.5. The van der Waals surface area contributed by atoms with E-state index in [9.17, 15) is 10.0 Å². The molecule has 2 heterocycles. The first-order valence-corrected chi connectivity index (χ1v) is 10.0. The van der Waals surface area contributed by atoms with Crippen LogP contribution in [0.2, 0.25) is 0 Å². The number of nitrogens with zero attached hydrogens (tertiary/aromatic N) is 3. The predicted octanol–water partition coefficient (Wildman–Crippen LogP) is 5.24. The largest absolute Gasteiger partial charge is 0.410 e. The van der Waals surface area contributed by atoms with Crippen LogP contribution in [0.3, 0.4) is 0 Å². The van der Waals surface area contributed by atoms with E-state index in [1.54, 1.807) is 24.4 Å². The molecule has 1 saturated heterocycles. The lowest BCUT2D eigenvalue weighted by Gasteiger charge is -2.18. The smallest absolute Gasteiger partial charge is 0.191 e. The van der Waals surface area contributed by atoms with Crippen molar-refractivity contribution in [2.24, 2.45) is 16.1 Å². The quantitative estimate of drug-likeness (QED) is 0.369. The summed E-state index contributed by atoms with van der Waals surface area (Å²) in [6.45, 7) is 2.01. The summed E-state index contributed by atoms with van der Waals surface area (Å²) < 4.78 is 0. The van der Waals surface area contributed by atoms with E-state index in [-0.39, 0.29) is 5.78 Å². The average Bonchev–Trinajstić information content (AvgIpc) is 3.14. The molecule has 0 radical (unpaired) electrons. The first-order valence-electron chi connectivity index (χ1n) is 9.22. The Morgan fingerprint density at radius 1 is 0.966 bits per heavy atom. The number of pyridine rings is 1. The van der Waals surface area contributed by atoms with E-state index in [2.05, 4.69) is 10.1 Å². The number of rotatable bonds is 4. The van der Waals surface area contributed by atoms with Crippen molar-refractivity contribution in [2.75, 3.05) is 0 Å². The molecule has 4 rings (SSSR count). The van der Waals surface area contributed by atoms with Gasteiger partial charge in [-0.1, -0.05) is 71.0 Å². The molecule has 2 atom stereocenters. The van der Waals surface area contributed by atoms with Gasteiger partial charge in [-0.3, -0.25) is 9.78 Å². The van der Waals surface area contributed by atoms with E-state index in [4.69, 9.17) is 4.99 Å². The van der Waals surface area contributed by atoms with Crippen molar-refractivity contribution in [1.29, 1.82) is 0 Å². The summed E-state index contributed by atoms with van der Waals surface area (Å²) in [5.74, 6) is -1.16. The first-order chi connectivity index (χ1) is 14.2. The van der Waals surface area contributed by atoms with E-state index in [0.717, 1.165) is 16.8 Å². The second kappa shape index (κ2) is 8.41. The molecule has 2 aromatic carbocycles. The summed E-state index contributed by atoms with van der Waals surface area (Å²) in [4.78, 5) is 22.4. The summed E-state index contributed by atoms with van der Waals surface area (Å²) >= 11 is 1.25. The molecular weight excluding hydrogens is 382 g/mol. The molecule has 1 aromatic heterocycles. The Balaban J connectivity index is 1.83. The van der Waals surface area contributed by atoms with Gasteiger partial charge < -0.3 is 5.21 Å². The highest BCUT2D eigenvalue weighted by atomic mass is 32.2. The van der Waals surface area contributed by atoms with E-state index < -0.39 is 11.8 Å². The molecule has 0 bridgehead atoms. The van der Waals surface area contributed by atoms with E-state index in [0.29, 0.717) is 15.8 Å². The fraction of sp³-hybridized carbons (Fsp3) is 0.130. The van der Waals surface area contributed by atoms with Crippen molar-refractivity contribution < 1.29 is 10.0 Å². The van der Waals surface area contributed by atoms with Crippen LogP contribution in [0.5, 0.6) is 0 Å². The molecule has 0 saturated carbocycles. The summed E-state index contributed by atoms with van der Waals surface area (Å²) in [5, 5.41) is 14.2. The number of benzene rings is 2. The van der Waals surface area contributed by atoms with Crippen LogP contribution in [0.15, 0.2) is 89.1 Å². The lowest BCUT2D eigenvalue weighted by atomic mass is 9.83. The van der Waals surface area contributed by atoms with Gasteiger partial charge >= 0.3 is 0 Å². The molecule has 29 heavy (non-hydrogen) atoms. The van der Waals surface area contributed by atoms with Crippen LogP contribution < -0.4 is 0 Å². The third-order valence-electron chi connectivity index (χ3n) is 4.80. The molecule has 0 spiro atoms. The highest BCUT2D eigenvalue weighted by molar-refractivity contribution is 8.27. The molecule has 1 aliphatic rings. The number of Topliss-reactive ketones (excluding diaryl/α,β-unsaturated/α-hetero) is 1. The van der Waals surface area contributed by atoms with Crippen molar-refractivity contribution in [3.63, 3.8) is 0 Å². The third-order valence-corrected chi connectivity index (χ3v) is 5.90. The second-order valence-electron chi connectivity index (χ2n) is 6.77. The minimum absolute atomic E-state index is 0.142. The fourth-order valence-corrected chi connectivity index (χ4v) is 4.54. The Bertz CT molecular complexity index is 1060. The standard InChI is InChI=1S/C23H19N3O2S/c1-15-10-12-17(13-11-15)25-22-20(21(27)18-9-5-6-14-24-18)19(23(26-28)29-22)16-7-3-2-4-8-16/h2-14,19-20,28H,1H3. The molecule has 1 aliphatic heterocycles. The fourth-order valence-electron chi connectivity index (χ4n) is 3.37. The highest BCUT2D eigenvalue weighted by Gasteiger charge is 2.45. The number of carbonyl (C=O) groups excluding carboxylic acids is 1. The summed E-state index contributed by atoms with van der Waals surface area (Å²) in [7, 11) is 0. The predicted molar refractivity (Wildman–Crippen MR) is 116 cm³/mol. The molecule has 1 fully saturated rings. The van der Waals surface area contributed by atoms with Crippen LogP contribution in [0, 0.1) is 12.8 Å². The van der Waals surface area contributed by atoms with Crippen molar-refractivity contribution in [3.05, 3.63) is 95.8 Å². The van der Waals surface area contributed by atoms with Crippen LogP contribution >= 0.6 is 11.8 Å². The van der Waals surface area contributed by atoms with Gasteiger partial charge in [0.25, 0.3) is 0 Å². The average molecular weight is 401 g/mol. The Morgan fingerprint density at radius 3 is 2.34 bits per heavy atom. The van der Waals surface area contributed by atoms with E-state index >= 15 is 0 Å². The number of thioether (sulfide) groups is 1. The number of oxime groups is 1. The molecule has 5 nitrogen and oxygen atoms in total. The van der Waals surface area contributed by atoms with E-state index in [1.165, 1.54) is 11.8 Å². The Labute approximate surface area is 173 Å². The number of ketones is 1. The molecule has 0 amide bonds. The monoisotopic (exact) mass is 401 g/mol. The lowest BCUT2D eigenvalue weighted by Crippen LogP contribution is -2.26. The molecular formula is C23H19N3O2S. The van der Waals surface area contributed by atoms with Crippen LogP contribution in [0.4, 0.5) is 5.69 Å². The minimum Gasteiger partial charge on any atom is -0.410 e. The van der Waals surface area contributed by atoms with Crippen LogP contribution in [-0.2, 0) is 0 Å². The van der Waals surface area contributed by atoms with Gasteiger partial charge in [0.05, 0.1) is 22.6 Å². The molecule has 6 heteroatoms. The number of aliphatic imine (C=N–C) groups is 1. The van der Waals surface area contributed by atoms with Crippen molar-refractivity contribution in [2.45, 2.75) is 12.8 Å². The van der Waals surface area contributed by atoms with Crippen molar-refractivity contribution in [3.8, 4) is 0 Å². The van der Waals surface area contributed by atoms with Crippen LogP contribution in [-0.4, -0.2) is 26.1 Å². The van der Waals surface area contributed by atoms with Gasteiger partial charge in [0.1, 0.15) is 10.7 Å². The molecule has 3 aromatic rings. The summed E-state index contributed by atoms with van der Waals surface area (Å²) in [6, 6.07) is 22.6. The maximum Gasteiger partial charge on any atom is 0.191 e. The first kappa shape index (κ1) is 19.1. The van der Waals surface area contributed by atoms with E-state index in [1.807, 2.05) is 61.5 Å². The van der Waals surface area contributed by atoms with Gasteiger partial charge in [-0.2, -0.15) is 0 Å². The Kier molecular flexibility index (Phi) is 5.53. The molecule has 0 aliphatic carbocycles. The topological polar surface area (TPSA) is 74.9 Å². The van der Waals surface area contributed by atoms with Gasteiger partial charge in [0.2, 0.25) is 0 Å². The zero-order chi connectivity index (χ0) is 20.2. The van der Waals surface area contributed by atoms with Gasteiger partial charge in [-0.25, -0.2) is 4.99 Å². The number of aromatic nitrogens is 1. The SMILES string of the molecule is Cc1ccc(N=C2SC(=NO)C(c3ccccc3)C2C(=O)c2ccccn2)cc1. The number of hydrogen-bond donors (Lipinski definition) is 1.